The molecule has 1 heterocycles. The lowest BCUT2D eigenvalue weighted by atomic mass is 10.2. The number of benzene rings is 2. The Labute approximate surface area is 147 Å². The van der Waals surface area contributed by atoms with Gasteiger partial charge < -0.3 is 10.6 Å². The molecule has 1 amide bonds. The molecule has 0 aliphatic heterocycles. The van der Waals surface area contributed by atoms with Crippen molar-refractivity contribution in [1.29, 1.82) is 0 Å². The molecule has 0 aliphatic carbocycles. The van der Waals surface area contributed by atoms with Crippen molar-refractivity contribution in [3.8, 4) is 0 Å². The number of para-hydroxylation sites is 1. The molecular formula is C19H14F3N3O. The maximum atomic E-state index is 12.6. The van der Waals surface area contributed by atoms with Gasteiger partial charge in [-0.15, -0.1) is 0 Å². The molecule has 0 fully saturated rings. The van der Waals surface area contributed by atoms with Crippen molar-refractivity contribution in [2.75, 3.05) is 10.6 Å². The van der Waals surface area contributed by atoms with E-state index in [-0.39, 0.29) is 11.3 Å². The van der Waals surface area contributed by atoms with Gasteiger partial charge in [-0.25, -0.2) is 0 Å². The number of rotatable bonds is 4. The van der Waals surface area contributed by atoms with E-state index >= 15 is 0 Å². The number of carbonyl (C=O) groups is 1. The lowest BCUT2D eigenvalue weighted by molar-refractivity contribution is -0.137. The van der Waals surface area contributed by atoms with E-state index in [1.54, 1.807) is 12.3 Å². The van der Waals surface area contributed by atoms with Crippen LogP contribution in [0.4, 0.5) is 30.2 Å². The minimum atomic E-state index is -4.41. The molecule has 3 rings (SSSR count). The van der Waals surface area contributed by atoms with Crippen LogP contribution in [0.25, 0.3) is 0 Å². The quantitative estimate of drug-likeness (QED) is 0.683. The van der Waals surface area contributed by atoms with Crippen LogP contribution in [0.2, 0.25) is 0 Å². The standard InChI is InChI=1S/C19H14F3N3O/c20-19(21,22)14-6-8-16(9-7-14)25-18(26)13-10-17(12-23-11-13)24-15-4-2-1-3-5-15/h1-12,24H,(H,25,26). The lowest BCUT2D eigenvalue weighted by Crippen LogP contribution is -2.13. The normalized spacial score (nSPS) is 11.0. The summed E-state index contributed by atoms with van der Waals surface area (Å²) in [5.74, 6) is -0.464. The molecule has 132 valence electrons. The Balaban J connectivity index is 1.71. The third-order valence-electron chi connectivity index (χ3n) is 3.53. The second kappa shape index (κ2) is 7.26. The highest BCUT2D eigenvalue weighted by Crippen LogP contribution is 2.29. The fourth-order valence-electron chi connectivity index (χ4n) is 2.27. The summed E-state index contributed by atoms with van der Waals surface area (Å²) in [5.41, 5.74) is 1.24. The summed E-state index contributed by atoms with van der Waals surface area (Å²) in [6, 6.07) is 15.2. The molecule has 0 saturated heterocycles. The number of amides is 1. The van der Waals surface area contributed by atoms with Crippen LogP contribution >= 0.6 is 0 Å². The molecule has 0 spiro atoms. The monoisotopic (exact) mass is 357 g/mol. The molecule has 0 atom stereocenters. The van der Waals surface area contributed by atoms with E-state index < -0.39 is 17.6 Å². The van der Waals surface area contributed by atoms with Crippen molar-refractivity contribution >= 4 is 23.0 Å². The molecule has 0 bridgehead atoms. The van der Waals surface area contributed by atoms with Crippen molar-refractivity contribution in [1.82, 2.24) is 4.98 Å². The molecule has 0 unspecified atom stereocenters. The fourth-order valence-corrected chi connectivity index (χ4v) is 2.27. The summed E-state index contributed by atoms with van der Waals surface area (Å²) in [7, 11) is 0. The molecule has 1 aromatic heterocycles. The van der Waals surface area contributed by atoms with E-state index in [1.165, 1.54) is 18.3 Å². The minimum Gasteiger partial charge on any atom is -0.354 e. The van der Waals surface area contributed by atoms with Crippen LogP contribution in [0.5, 0.6) is 0 Å². The van der Waals surface area contributed by atoms with Crippen molar-refractivity contribution in [2.24, 2.45) is 0 Å². The number of halogens is 3. The lowest BCUT2D eigenvalue weighted by Gasteiger charge is -2.10. The number of pyridine rings is 1. The van der Waals surface area contributed by atoms with Crippen molar-refractivity contribution in [2.45, 2.75) is 6.18 Å². The number of nitrogens with one attached hydrogen (secondary N) is 2. The summed E-state index contributed by atoms with van der Waals surface area (Å²) in [6.07, 6.45) is -1.46. The SMILES string of the molecule is O=C(Nc1ccc(C(F)(F)F)cc1)c1cncc(Nc2ccccc2)c1. The Hall–Kier alpha value is -3.35. The smallest absolute Gasteiger partial charge is 0.354 e. The van der Waals surface area contributed by atoms with E-state index in [2.05, 4.69) is 15.6 Å². The van der Waals surface area contributed by atoms with Crippen molar-refractivity contribution in [3.63, 3.8) is 0 Å². The van der Waals surface area contributed by atoms with Gasteiger partial charge in [-0.05, 0) is 42.5 Å². The van der Waals surface area contributed by atoms with Gasteiger partial charge in [0.25, 0.3) is 5.91 Å². The number of anilines is 3. The molecule has 7 heteroatoms. The van der Waals surface area contributed by atoms with Crippen LogP contribution < -0.4 is 10.6 Å². The average molecular weight is 357 g/mol. The van der Waals surface area contributed by atoms with Gasteiger partial charge in [0, 0.05) is 17.6 Å². The molecule has 0 radical (unpaired) electrons. The van der Waals surface area contributed by atoms with Crippen LogP contribution in [-0.2, 0) is 6.18 Å². The highest BCUT2D eigenvalue weighted by molar-refractivity contribution is 6.04. The summed E-state index contributed by atoms with van der Waals surface area (Å²) in [5, 5.41) is 5.67. The zero-order valence-corrected chi connectivity index (χ0v) is 13.4. The maximum absolute atomic E-state index is 12.6. The molecule has 0 aliphatic rings. The van der Waals surface area contributed by atoms with Gasteiger partial charge in [0.2, 0.25) is 0 Å². The molecule has 2 N–H and O–H groups in total. The number of carbonyl (C=O) groups excluding carboxylic acids is 1. The van der Waals surface area contributed by atoms with Crippen LogP contribution in [0.3, 0.4) is 0 Å². The molecular weight excluding hydrogens is 343 g/mol. The van der Waals surface area contributed by atoms with Gasteiger partial charge in [-0.2, -0.15) is 13.2 Å². The van der Waals surface area contributed by atoms with Crippen LogP contribution in [0.15, 0.2) is 73.1 Å². The minimum absolute atomic E-state index is 0.268. The van der Waals surface area contributed by atoms with Crippen LogP contribution in [0.1, 0.15) is 15.9 Å². The predicted molar refractivity (Wildman–Crippen MR) is 93.4 cm³/mol. The average Bonchev–Trinajstić information content (AvgIpc) is 2.62. The van der Waals surface area contributed by atoms with Crippen molar-refractivity contribution < 1.29 is 18.0 Å². The largest absolute Gasteiger partial charge is 0.416 e. The molecule has 0 saturated carbocycles. The third kappa shape index (κ3) is 4.38. The first-order chi connectivity index (χ1) is 12.4. The number of hydrogen-bond acceptors (Lipinski definition) is 3. The van der Waals surface area contributed by atoms with Crippen LogP contribution in [-0.4, -0.2) is 10.9 Å². The number of aromatic nitrogens is 1. The van der Waals surface area contributed by atoms with Gasteiger partial charge in [0.1, 0.15) is 0 Å². The Morgan fingerprint density at radius 3 is 2.19 bits per heavy atom. The Kier molecular flexibility index (Phi) is 4.88. The number of hydrogen-bond donors (Lipinski definition) is 2. The van der Waals surface area contributed by atoms with Crippen molar-refractivity contribution in [3.05, 3.63) is 84.2 Å². The number of nitrogens with zero attached hydrogens (tertiary/aromatic N) is 1. The second-order valence-electron chi connectivity index (χ2n) is 5.48. The van der Waals surface area contributed by atoms with E-state index in [0.29, 0.717) is 5.69 Å². The van der Waals surface area contributed by atoms with E-state index in [0.717, 1.165) is 17.8 Å². The molecule has 3 aromatic rings. The fraction of sp³-hybridized carbons (Fsp3) is 0.0526. The zero-order valence-electron chi connectivity index (χ0n) is 13.4. The van der Waals surface area contributed by atoms with Gasteiger partial charge in [-0.3, -0.25) is 9.78 Å². The van der Waals surface area contributed by atoms with E-state index in [9.17, 15) is 18.0 Å². The highest BCUT2D eigenvalue weighted by Gasteiger charge is 2.30. The Bertz CT molecular complexity index is 894. The first-order valence-corrected chi connectivity index (χ1v) is 7.67. The third-order valence-corrected chi connectivity index (χ3v) is 3.53. The topological polar surface area (TPSA) is 54.0 Å². The Morgan fingerprint density at radius 1 is 0.846 bits per heavy atom. The highest BCUT2D eigenvalue weighted by atomic mass is 19.4. The maximum Gasteiger partial charge on any atom is 0.416 e. The first-order valence-electron chi connectivity index (χ1n) is 7.67. The van der Waals surface area contributed by atoms with Gasteiger partial charge in [0.05, 0.1) is 23.0 Å². The van der Waals surface area contributed by atoms with Gasteiger partial charge in [-0.1, -0.05) is 18.2 Å². The summed E-state index contributed by atoms with van der Waals surface area (Å²) >= 11 is 0. The zero-order chi connectivity index (χ0) is 18.6. The van der Waals surface area contributed by atoms with Crippen LogP contribution in [0, 0.1) is 0 Å². The molecule has 4 nitrogen and oxygen atoms in total. The Morgan fingerprint density at radius 2 is 1.54 bits per heavy atom. The van der Waals surface area contributed by atoms with E-state index in [1.807, 2.05) is 30.3 Å². The van der Waals surface area contributed by atoms with E-state index in [4.69, 9.17) is 0 Å². The predicted octanol–water partition coefficient (Wildman–Crippen LogP) is 5.10. The summed E-state index contributed by atoms with van der Waals surface area (Å²) < 4.78 is 37.7. The van der Waals surface area contributed by atoms with Gasteiger partial charge in [0.15, 0.2) is 0 Å². The summed E-state index contributed by atoms with van der Waals surface area (Å²) in [6.45, 7) is 0. The number of alkyl halides is 3. The first kappa shape index (κ1) is 17.5. The second-order valence-corrected chi connectivity index (χ2v) is 5.48. The van der Waals surface area contributed by atoms with Gasteiger partial charge >= 0.3 is 6.18 Å². The molecule has 2 aromatic carbocycles. The summed E-state index contributed by atoms with van der Waals surface area (Å²) in [4.78, 5) is 16.3. The molecule has 26 heavy (non-hydrogen) atoms.